The predicted octanol–water partition coefficient (Wildman–Crippen LogP) is 1.46. The molecule has 1 aliphatic heterocycles. The SMILES string of the molecule is CCOC1CCCN(S(=O)(=O)c2cccc(N)c2)C1. The molecule has 1 aromatic carbocycles. The average molecular weight is 284 g/mol. The van der Waals surface area contributed by atoms with Crippen molar-refractivity contribution < 1.29 is 13.2 Å². The van der Waals surface area contributed by atoms with Crippen molar-refractivity contribution in [2.45, 2.75) is 30.8 Å². The van der Waals surface area contributed by atoms with Gasteiger partial charge < -0.3 is 10.5 Å². The highest BCUT2D eigenvalue weighted by molar-refractivity contribution is 7.89. The van der Waals surface area contributed by atoms with Crippen molar-refractivity contribution in [3.63, 3.8) is 0 Å². The van der Waals surface area contributed by atoms with Gasteiger partial charge >= 0.3 is 0 Å². The summed E-state index contributed by atoms with van der Waals surface area (Å²) in [6.07, 6.45) is 1.73. The molecule has 1 unspecified atom stereocenters. The number of hydrogen-bond acceptors (Lipinski definition) is 4. The second-order valence-corrected chi connectivity index (χ2v) is 6.59. The Balaban J connectivity index is 2.19. The maximum absolute atomic E-state index is 12.5. The Morgan fingerprint density at radius 3 is 2.95 bits per heavy atom. The minimum Gasteiger partial charge on any atom is -0.399 e. The predicted molar refractivity (Wildman–Crippen MR) is 74.3 cm³/mol. The molecule has 1 aliphatic rings. The summed E-state index contributed by atoms with van der Waals surface area (Å²) in [5.41, 5.74) is 6.11. The minimum atomic E-state index is -3.46. The highest BCUT2D eigenvalue weighted by atomic mass is 32.2. The zero-order valence-electron chi connectivity index (χ0n) is 11.1. The third-order valence-electron chi connectivity index (χ3n) is 3.24. The van der Waals surface area contributed by atoms with Crippen LogP contribution in [0.15, 0.2) is 29.2 Å². The lowest BCUT2D eigenvalue weighted by Crippen LogP contribution is -2.43. The van der Waals surface area contributed by atoms with E-state index in [9.17, 15) is 8.42 Å². The Labute approximate surface area is 114 Å². The van der Waals surface area contributed by atoms with Crippen LogP contribution in [0.5, 0.6) is 0 Å². The van der Waals surface area contributed by atoms with Crippen molar-refractivity contribution in [3.05, 3.63) is 24.3 Å². The maximum Gasteiger partial charge on any atom is 0.243 e. The highest BCUT2D eigenvalue weighted by Crippen LogP contribution is 2.23. The third kappa shape index (κ3) is 3.26. The van der Waals surface area contributed by atoms with Gasteiger partial charge in [0.1, 0.15) is 0 Å². The van der Waals surface area contributed by atoms with Crippen LogP contribution in [-0.2, 0) is 14.8 Å². The van der Waals surface area contributed by atoms with Gasteiger partial charge in [0, 0.05) is 25.4 Å². The molecule has 1 aromatic rings. The lowest BCUT2D eigenvalue weighted by Gasteiger charge is -2.31. The number of nitrogens with zero attached hydrogens (tertiary/aromatic N) is 1. The van der Waals surface area contributed by atoms with E-state index in [0.29, 0.717) is 25.4 Å². The van der Waals surface area contributed by atoms with E-state index in [2.05, 4.69) is 0 Å². The molecule has 0 bridgehead atoms. The molecule has 19 heavy (non-hydrogen) atoms. The lowest BCUT2D eigenvalue weighted by atomic mass is 10.1. The number of benzene rings is 1. The average Bonchev–Trinajstić information content (AvgIpc) is 2.39. The summed E-state index contributed by atoms with van der Waals surface area (Å²) in [5, 5.41) is 0. The van der Waals surface area contributed by atoms with Crippen molar-refractivity contribution in [2.24, 2.45) is 0 Å². The number of anilines is 1. The Bertz CT molecular complexity index is 528. The first kappa shape index (κ1) is 14.3. The van der Waals surface area contributed by atoms with E-state index >= 15 is 0 Å². The number of rotatable bonds is 4. The molecule has 0 spiro atoms. The van der Waals surface area contributed by atoms with Crippen molar-refractivity contribution in [1.82, 2.24) is 4.31 Å². The van der Waals surface area contributed by atoms with E-state index in [1.807, 2.05) is 6.92 Å². The van der Waals surface area contributed by atoms with Gasteiger partial charge in [-0.2, -0.15) is 4.31 Å². The molecule has 6 heteroatoms. The molecule has 106 valence electrons. The molecule has 2 rings (SSSR count). The molecule has 1 fully saturated rings. The fourth-order valence-corrected chi connectivity index (χ4v) is 3.88. The molecule has 0 aliphatic carbocycles. The summed E-state index contributed by atoms with van der Waals surface area (Å²) >= 11 is 0. The van der Waals surface area contributed by atoms with Crippen LogP contribution in [0.4, 0.5) is 5.69 Å². The van der Waals surface area contributed by atoms with E-state index in [4.69, 9.17) is 10.5 Å². The number of nitrogen functional groups attached to an aromatic ring is 1. The number of nitrogens with two attached hydrogens (primary N) is 1. The normalized spacial score (nSPS) is 21.4. The van der Waals surface area contributed by atoms with Crippen LogP contribution in [0.1, 0.15) is 19.8 Å². The summed E-state index contributed by atoms with van der Waals surface area (Å²) in [4.78, 5) is 0.254. The van der Waals surface area contributed by atoms with Crippen molar-refractivity contribution >= 4 is 15.7 Å². The zero-order valence-corrected chi connectivity index (χ0v) is 11.9. The molecule has 0 saturated carbocycles. The molecular formula is C13H20N2O3S. The number of sulfonamides is 1. The minimum absolute atomic E-state index is 0.00501. The Morgan fingerprint density at radius 2 is 2.26 bits per heavy atom. The van der Waals surface area contributed by atoms with Crippen LogP contribution in [0.25, 0.3) is 0 Å². The Hall–Kier alpha value is -1.11. The van der Waals surface area contributed by atoms with Crippen LogP contribution in [-0.4, -0.2) is 38.5 Å². The Kier molecular flexibility index (Phi) is 4.44. The van der Waals surface area contributed by atoms with Gasteiger partial charge in [-0.15, -0.1) is 0 Å². The van der Waals surface area contributed by atoms with E-state index in [0.717, 1.165) is 12.8 Å². The van der Waals surface area contributed by atoms with Crippen molar-refractivity contribution in [2.75, 3.05) is 25.4 Å². The second kappa shape index (κ2) is 5.90. The van der Waals surface area contributed by atoms with Crippen LogP contribution in [0, 0.1) is 0 Å². The largest absolute Gasteiger partial charge is 0.399 e. The van der Waals surface area contributed by atoms with Gasteiger partial charge in [0.2, 0.25) is 10.0 Å². The summed E-state index contributed by atoms with van der Waals surface area (Å²) in [6, 6.07) is 6.42. The van der Waals surface area contributed by atoms with Gasteiger partial charge in [-0.1, -0.05) is 6.07 Å². The zero-order chi connectivity index (χ0) is 13.9. The monoisotopic (exact) mass is 284 g/mol. The topological polar surface area (TPSA) is 72.6 Å². The summed E-state index contributed by atoms with van der Waals surface area (Å²) in [5.74, 6) is 0. The first-order chi connectivity index (χ1) is 9.04. The highest BCUT2D eigenvalue weighted by Gasteiger charge is 2.30. The van der Waals surface area contributed by atoms with E-state index in [1.165, 1.54) is 10.4 Å². The fraction of sp³-hybridized carbons (Fsp3) is 0.538. The van der Waals surface area contributed by atoms with Crippen molar-refractivity contribution in [3.8, 4) is 0 Å². The van der Waals surface area contributed by atoms with Gasteiger partial charge in [-0.3, -0.25) is 0 Å². The van der Waals surface area contributed by atoms with E-state index in [-0.39, 0.29) is 11.0 Å². The van der Waals surface area contributed by atoms with Gasteiger partial charge in [-0.05, 0) is 38.0 Å². The van der Waals surface area contributed by atoms with Crippen LogP contribution in [0.2, 0.25) is 0 Å². The van der Waals surface area contributed by atoms with Gasteiger partial charge in [-0.25, -0.2) is 8.42 Å². The molecule has 0 radical (unpaired) electrons. The van der Waals surface area contributed by atoms with E-state index in [1.54, 1.807) is 18.2 Å². The third-order valence-corrected chi connectivity index (χ3v) is 5.10. The lowest BCUT2D eigenvalue weighted by molar-refractivity contribution is 0.0265. The van der Waals surface area contributed by atoms with Crippen molar-refractivity contribution in [1.29, 1.82) is 0 Å². The molecule has 1 atom stereocenters. The first-order valence-corrected chi connectivity index (χ1v) is 7.95. The number of ether oxygens (including phenoxy) is 1. The summed E-state index contributed by atoms with van der Waals surface area (Å²) in [6.45, 7) is 3.49. The van der Waals surface area contributed by atoms with Gasteiger partial charge in [0.25, 0.3) is 0 Å². The maximum atomic E-state index is 12.5. The van der Waals surface area contributed by atoms with E-state index < -0.39 is 10.0 Å². The molecule has 0 amide bonds. The van der Waals surface area contributed by atoms with Crippen LogP contribution in [0.3, 0.4) is 0 Å². The molecular weight excluding hydrogens is 264 g/mol. The molecule has 0 aromatic heterocycles. The summed E-state index contributed by atoms with van der Waals surface area (Å²) < 4.78 is 32.0. The molecule has 5 nitrogen and oxygen atoms in total. The quantitative estimate of drug-likeness (QED) is 0.850. The molecule has 2 N–H and O–H groups in total. The van der Waals surface area contributed by atoms with Gasteiger partial charge in [0.15, 0.2) is 0 Å². The molecule has 1 heterocycles. The fourth-order valence-electron chi connectivity index (χ4n) is 2.32. The first-order valence-electron chi connectivity index (χ1n) is 6.51. The standard InChI is InChI=1S/C13H20N2O3S/c1-2-18-12-6-4-8-15(10-12)19(16,17)13-7-3-5-11(14)9-13/h3,5,7,9,12H,2,4,6,8,10,14H2,1H3. The number of piperidine rings is 1. The smallest absolute Gasteiger partial charge is 0.243 e. The van der Waals surface area contributed by atoms with Crippen LogP contribution < -0.4 is 5.73 Å². The summed E-state index contributed by atoms with van der Waals surface area (Å²) in [7, 11) is -3.46. The molecule has 1 saturated heterocycles. The Morgan fingerprint density at radius 1 is 1.47 bits per heavy atom. The van der Waals surface area contributed by atoms with Crippen LogP contribution >= 0.6 is 0 Å². The van der Waals surface area contributed by atoms with Gasteiger partial charge in [0.05, 0.1) is 11.0 Å². The second-order valence-electron chi connectivity index (χ2n) is 4.66. The number of hydrogen-bond donors (Lipinski definition) is 1.